The van der Waals surface area contributed by atoms with E-state index in [2.05, 4.69) is 12.2 Å². The van der Waals surface area contributed by atoms with Crippen molar-refractivity contribution in [2.24, 2.45) is 0 Å². The van der Waals surface area contributed by atoms with Gasteiger partial charge in [0, 0.05) is 18.2 Å². The van der Waals surface area contributed by atoms with Crippen LogP contribution < -0.4 is 5.32 Å². The summed E-state index contributed by atoms with van der Waals surface area (Å²) in [7, 11) is 1.78. The van der Waals surface area contributed by atoms with Crippen LogP contribution in [0.5, 0.6) is 0 Å². The van der Waals surface area contributed by atoms with Crippen LogP contribution in [-0.4, -0.2) is 25.3 Å². The third-order valence-electron chi connectivity index (χ3n) is 4.62. The highest BCUT2D eigenvalue weighted by Gasteiger charge is 2.39. The topological polar surface area (TPSA) is 21.3 Å². The molecule has 2 nitrogen and oxygen atoms in total. The first-order valence-electron chi connectivity index (χ1n) is 7.84. The van der Waals surface area contributed by atoms with Crippen molar-refractivity contribution in [3.05, 3.63) is 34.6 Å². The summed E-state index contributed by atoms with van der Waals surface area (Å²) in [5.41, 5.74) is 0.471. The van der Waals surface area contributed by atoms with Crippen molar-refractivity contribution in [3.8, 4) is 0 Å². The highest BCUT2D eigenvalue weighted by Crippen LogP contribution is 2.35. The van der Waals surface area contributed by atoms with E-state index in [0.717, 1.165) is 19.4 Å². The summed E-state index contributed by atoms with van der Waals surface area (Å²) in [5, 5.41) is 4.08. The van der Waals surface area contributed by atoms with Crippen LogP contribution in [0.15, 0.2) is 18.2 Å². The minimum Gasteiger partial charge on any atom is -0.377 e. The van der Waals surface area contributed by atoms with E-state index in [0.29, 0.717) is 17.0 Å². The summed E-state index contributed by atoms with van der Waals surface area (Å²) < 4.78 is 20.0. The Kier molecular flexibility index (Phi) is 6.03. The third kappa shape index (κ3) is 3.97. The molecule has 21 heavy (non-hydrogen) atoms. The van der Waals surface area contributed by atoms with Gasteiger partial charge in [-0.15, -0.1) is 0 Å². The smallest absolute Gasteiger partial charge is 0.126 e. The van der Waals surface area contributed by atoms with Crippen molar-refractivity contribution in [2.45, 2.75) is 57.1 Å². The molecule has 0 heterocycles. The van der Waals surface area contributed by atoms with Crippen LogP contribution in [-0.2, 0) is 11.2 Å². The molecule has 1 fully saturated rings. The second-order valence-electron chi connectivity index (χ2n) is 5.88. The number of halogens is 2. The molecule has 0 bridgehead atoms. The van der Waals surface area contributed by atoms with E-state index >= 15 is 0 Å². The molecule has 0 radical (unpaired) electrons. The van der Waals surface area contributed by atoms with Crippen LogP contribution in [0.25, 0.3) is 0 Å². The standard InChI is InChI=1S/C17H25ClFNO/c1-3-20-16(17(21-2)9-5-4-6-10-17)12-13-11-14(18)7-8-15(13)19/h7-8,11,16,20H,3-6,9-10,12H2,1-2H3. The van der Waals surface area contributed by atoms with Gasteiger partial charge in [0.2, 0.25) is 0 Å². The number of hydrogen-bond donors (Lipinski definition) is 1. The van der Waals surface area contributed by atoms with Crippen LogP contribution in [0.3, 0.4) is 0 Å². The van der Waals surface area contributed by atoms with E-state index in [1.165, 1.54) is 25.3 Å². The largest absolute Gasteiger partial charge is 0.377 e. The lowest BCUT2D eigenvalue weighted by Crippen LogP contribution is -2.54. The molecule has 0 spiro atoms. The summed E-state index contributed by atoms with van der Waals surface area (Å²) in [6, 6.07) is 4.88. The van der Waals surface area contributed by atoms with Crippen LogP contribution >= 0.6 is 11.6 Å². The molecule has 1 aromatic carbocycles. The van der Waals surface area contributed by atoms with Gasteiger partial charge < -0.3 is 10.1 Å². The van der Waals surface area contributed by atoms with Crippen LogP contribution in [0.1, 0.15) is 44.6 Å². The van der Waals surface area contributed by atoms with Crippen molar-refractivity contribution in [1.82, 2.24) is 5.32 Å². The lowest BCUT2D eigenvalue weighted by atomic mass is 9.77. The van der Waals surface area contributed by atoms with Gasteiger partial charge >= 0.3 is 0 Å². The highest BCUT2D eigenvalue weighted by atomic mass is 35.5. The second kappa shape index (κ2) is 7.57. The van der Waals surface area contributed by atoms with Gasteiger partial charge in [-0.25, -0.2) is 4.39 Å². The highest BCUT2D eigenvalue weighted by molar-refractivity contribution is 6.30. The van der Waals surface area contributed by atoms with E-state index in [4.69, 9.17) is 16.3 Å². The molecule has 1 atom stereocenters. The molecule has 1 unspecified atom stereocenters. The average Bonchev–Trinajstić information content (AvgIpc) is 2.51. The van der Waals surface area contributed by atoms with Gasteiger partial charge in [-0.05, 0) is 49.6 Å². The lowest BCUT2D eigenvalue weighted by molar-refractivity contribution is -0.0671. The maximum absolute atomic E-state index is 14.0. The number of rotatable bonds is 6. The predicted octanol–water partition coefficient (Wildman–Crippen LogP) is 4.35. The Morgan fingerprint density at radius 2 is 2.05 bits per heavy atom. The lowest BCUT2D eigenvalue weighted by Gasteiger charge is -2.43. The summed E-state index contributed by atoms with van der Waals surface area (Å²) in [6.07, 6.45) is 6.28. The molecule has 1 N–H and O–H groups in total. The fourth-order valence-corrected chi connectivity index (χ4v) is 3.65. The van der Waals surface area contributed by atoms with Crippen molar-refractivity contribution < 1.29 is 9.13 Å². The third-order valence-corrected chi connectivity index (χ3v) is 4.86. The van der Waals surface area contributed by atoms with Crippen molar-refractivity contribution in [1.29, 1.82) is 0 Å². The summed E-state index contributed by atoms with van der Waals surface area (Å²) in [6.45, 7) is 2.92. The Balaban J connectivity index is 2.23. The van der Waals surface area contributed by atoms with Gasteiger partial charge in [-0.3, -0.25) is 0 Å². The van der Waals surface area contributed by atoms with E-state index in [-0.39, 0.29) is 17.5 Å². The van der Waals surface area contributed by atoms with Crippen LogP contribution in [0, 0.1) is 5.82 Å². The van der Waals surface area contributed by atoms with Gasteiger partial charge in [0.25, 0.3) is 0 Å². The Morgan fingerprint density at radius 3 is 2.67 bits per heavy atom. The molecule has 1 aromatic rings. The monoisotopic (exact) mass is 313 g/mol. The molecule has 2 rings (SSSR count). The van der Waals surface area contributed by atoms with Crippen LogP contribution in [0.4, 0.5) is 4.39 Å². The van der Waals surface area contributed by atoms with E-state index in [1.807, 2.05) is 0 Å². The second-order valence-corrected chi connectivity index (χ2v) is 6.32. The first-order chi connectivity index (χ1) is 10.1. The fraction of sp³-hybridized carbons (Fsp3) is 0.647. The van der Waals surface area contributed by atoms with Crippen molar-refractivity contribution in [2.75, 3.05) is 13.7 Å². The number of hydrogen-bond acceptors (Lipinski definition) is 2. The molecule has 0 saturated heterocycles. The number of ether oxygens (including phenoxy) is 1. The zero-order valence-electron chi connectivity index (χ0n) is 12.9. The molecule has 4 heteroatoms. The Labute approximate surface area is 132 Å². The zero-order chi connectivity index (χ0) is 15.3. The number of nitrogens with one attached hydrogen (secondary N) is 1. The zero-order valence-corrected chi connectivity index (χ0v) is 13.7. The molecular formula is C17H25ClFNO. The minimum atomic E-state index is -0.191. The maximum atomic E-state index is 14.0. The quantitative estimate of drug-likeness (QED) is 0.843. The average molecular weight is 314 g/mol. The number of benzene rings is 1. The molecule has 1 aliphatic rings. The normalized spacial score (nSPS) is 19.4. The molecule has 1 saturated carbocycles. The first-order valence-corrected chi connectivity index (χ1v) is 8.21. The van der Waals surface area contributed by atoms with Crippen molar-refractivity contribution in [3.63, 3.8) is 0 Å². The van der Waals surface area contributed by atoms with E-state index in [9.17, 15) is 4.39 Å². The molecule has 1 aliphatic carbocycles. The van der Waals surface area contributed by atoms with Crippen molar-refractivity contribution >= 4 is 11.6 Å². The molecule has 0 aromatic heterocycles. The van der Waals surface area contributed by atoms with Gasteiger partial charge in [0.05, 0.1) is 5.60 Å². The maximum Gasteiger partial charge on any atom is 0.126 e. The molecule has 0 aliphatic heterocycles. The number of methoxy groups -OCH3 is 1. The summed E-state index contributed by atoms with van der Waals surface area (Å²) >= 11 is 6.01. The Bertz CT molecular complexity index is 460. The predicted molar refractivity (Wildman–Crippen MR) is 85.4 cm³/mol. The Hall–Kier alpha value is -0.640. The minimum absolute atomic E-state index is 0.112. The van der Waals surface area contributed by atoms with Gasteiger partial charge in [0.1, 0.15) is 5.82 Å². The van der Waals surface area contributed by atoms with E-state index in [1.54, 1.807) is 19.2 Å². The number of likely N-dealkylation sites (N-methyl/N-ethyl adjacent to an activating group) is 1. The fourth-order valence-electron chi connectivity index (χ4n) is 3.46. The SMILES string of the molecule is CCNC(Cc1cc(Cl)ccc1F)C1(OC)CCCCC1. The Morgan fingerprint density at radius 1 is 1.33 bits per heavy atom. The molecular weight excluding hydrogens is 289 g/mol. The summed E-state index contributed by atoms with van der Waals surface area (Å²) in [4.78, 5) is 0. The van der Waals surface area contributed by atoms with Gasteiger partial charge in [0.15, 0.2) is 0 Å². The molecule has 118 valence electrons. The van der Waals surface area contributed by atoms with Crippen LogP contribution in [0.2, 0.25) is 5.02 Å². The van der Waals surface area contributed by atoms with Gasteiger partial charge in [-0.1, -0.05) is 37.8 Å². The van der Waals surface area contributed by atoms with Gasteiger partial charge in [-0.2, -0.15) is 0 Å². The summed E-state index contributed by atoms with van der Waals surface area (Å²) in [5.74, 6) is -0.190. The van der Waals surface area contributed by atoms with E-state index < -0.39 is 0 Å². The first kappa shape index (κ1) is 16.7. The molecule has 0 amide bonds.